The van der Waals surface area contributed by atoms with E-state index in [0.29, 0.717) is 23.2 Å². The van der Waals surface area contributed by atoms with Crippen LogP contribution in [-0.2, 0) is 26.3 Å². The molecule has 3 aromatic rings. The van der Waals surface area contributed by atoms with Crippen molar-refractivity contribution >= 4 is 54.3 Å². The van der Waals surface area contributed by atoms with Gasteiger partial charge in [0, 0.05) is 24.9 Å². The van der Waals surface area contributed by atoms with Crippen LogP contribution in [0.4, 0.5) is 11.4 Å². The molecule has 2 aromatic carbocycles. The van der Waals surface area contributed by atoms with Crippen molar-refractivity contribution in [2.24, 2.45) is 5.41 Å². The van der Waals surface area contributed by atoms with Gasteiger partial charge in [-0.2, -0.15) is 0 Å². The van der Waals surface area contributed by atoms with Gasteiger partial charge in [0.05, 0.1) is 21.0 Å². The maximum atomic E-state index is 13.6. The molecular weight excluding hydrogens is 545 g/mol. The van der Waals surface area contributed by atoms with Crippen molar-refractivity contribution in [3.8, 4) is 0 Å². The molecule has 0 saturated carbocycles. The average molecular weight is 575 g/mol. The molecule has 11 heteroatoms. The quantitative estimate of drug-likeness (QED) is 0.420. The summed E-state index contributed by atoms with van der Waals surface area (Å²) in [6.07, 6.45) is 1.59. The molecule has 0 aliphatic heterocycles. The normalized spacial score (nSPS) is 15.1. The molecule has 0 spiro atoms. The van der Waals surface area contributed by atoms with Gasteiger partial charge in [-0.25, -0.2) is 16.8 Å². The van der Waals surface area contributed by atoms with Gasteiger partial charge >= 0.3 is 0 Å². The number of sulfonamides is 1. The second kappa shape index (κ2) is 9.94. The molecule has 0 saturated heterocycles. The summed E-state index contributed by atoms with van der Waals surface area (Å²) in [5, 5.41) is 2.73. The minimum absolute atomic E-state index is 0.0438. The van der Waals surface area contributed by atoms with Gasteiger partial charge < -0.3 is 5.32 Å². The van der Waals surface area contributed by atoms with E-state index in [1.54, 1.807) is 56.3 Å². The van der Waals surface area contributed by atoms with Crippen LogP contribution in [0.15, 0.2) is 57.6 Å². The number of nitrogens with one attached hydrogen (secondary N) is 1. The topological polar surface area (TPSA) is 118 Å². The molecular formula is C27H30N2O6S3. The highest BCUT2D eigenvalue weighted by molar-refractivity contribution is 7.93. The fraction of sp³-hybridized carbons (Fsp3) is 0.333. The summed E-state index contributed by atoms with van der Waals surface area (Å²) in [5.74, 6) is -0.884. The highest BCUT2D eigenvalue weighted by Crippen LogP contribution is 2.43. The van der Waals surface area contributed by atoms with E-state index in [-0.39, 0.29) is 44.0 Å². The second-order valence-electron chi connectivity index (χ2n) is 10.2. The lowest BCUT2D eigenvalue weighted by Crippen LogP contribution is -2.31. The second-order valence-corrected chi connectivity index (χ2v) is 15.3. The van der Waals surface area contributed by atoms with Crippen molar-refractivity contribution in [1.82, 2.24) is 0 Å². The van der Waals surface area contributed by atoms with Crippen molar-refractivity contribution in [3.05, 3.63) is 70.1 Å². The third kappa shape index (κ3) is 5.27. The van der Waals surface area contributed by atoms with Crippen LogP contribution in [0.25, 0.3) is 0 Å². The van der Waals surface area contributed by atoms with Gasteiger partial charge in [-0.15, -0.1) is 11.3 Å². The Morgan fingerprint density at radius 1 is 1.05 bits per heavy atom. The Bertz CT molecular complexity index is 1640. The van der Waals surface area contributed by atoms with E-state index < -0.39 is 31.2 Å². The predicted molar refractivity (Wildman–Crippen MR) is 150 cm³/mol. The fourth-order valence-corrected chi connectivity index (χ4v) is 8.91. The number of ketones is 1. The van der Waals surface area contributed by atoms with Gasteiger partial charge in [0.25, 0.3) is 15.9 Å². The number of fused-ring (bicyclic) bond motifs is 1. The van der Waals surface area contributed by atoms with Gasteiger partial charge in [-0.05, 0) is 61.1 Å². The molecule has 0 fully saturated rings. The lowest BCUT2D eigenvalue weighted by molar-refractivity contribution is 0.0909. The van der Waals surface area contributed by atoms with Gasteiger partial charge in [0.1, 0.15) is 4.21 Å². The molecule has 0 unspecified atom stereocenters. The molecule has 1 amide bonds. The molecule has 202 valence electrons. The van der Waals surface area contributed by atoms with E-state index in [4.69, 9.17) is 0 Å². The van der Waals surface area contributed by atoms with E-state index in [1.807, 2.05) is 13.8 Å². The number of hydrogen-bond donors (Lipinski definition) is 1. The van der Waals surface area contributed by atoms with Gasteiger partial charge in [-0.1, -0.05) is 38.1 Å². The Balaban J connectivity index is 1.74. The van der Waals surface area contributed by atoms with Crippen LogP contribution in [0.1, 0.15) is 58.3 Å². The van der Waals surface area contributed by atoms with Crippen LogP contribution >= 0.6 is 11.3 Å². The summed E-state index contributed by atoms with van der Waals surface area (Å²) in [6.45, 7) is 7.43. The van der Waals surface area contributed by atoms with Crippen LogP contribution in [0.2, 0.25) is 0 Å². The van der Waals surface area contributed by atoms with Crippen molar-refractivity contribution < 1.29 is 26.4 Å². The maximum Gasteiger partial charge on any atom is 0.266 e. The molecule has 1 heterocycles. The maximum absolute atomic E-state index is 13.6. The van der Waals surface area contributed by atoms with Crippen molar-refractivity contribution in [1.29, 1.82) is 0 Å². The Morgan fingerprint density at radius 2 is 1.71 bits per heavy atom. The molecule has 0 radical (unpaired) electrons. The minimum Gasteiger partial charge on any atom is -0.321 e. The first kappa shape index (κ1) is 28.0. The number of benzene rings is 2. The van der Waals surface area contributed by atoms with Crippen LogP contribution in [-0.4, -0.2) is 41.3 Å². The molecule has 0 atom stereocenters. The molecule has 1 aromatic heterocycles. The first-order valence-corrected chi connectivity index (χ1v) is 16.2. The molecule has 0 bridgehead atoms. The zero-order valence-electron chi connectivity index (χ0n) is 21.9. The number of hydrogen-bond acceptors (Lipinski definition) is 7. The average Bonchev–Trinajstić information content (AvgIpc) is 3.20. The standard InChI is InChI=1S/C27H30N2O6S3/c1-6-29(19-10-8-7-9-11-19)38(34,35)22-14-18(13-12-17(22)2)28-25(31)24-20-15-27(3,4)16-21(30)23(20)26(36-24)37(5,32)33/h7-14H,6,15-16H2,1-5H3,(H,28,31). The summed E-state index contributed by atoms with van der Waals surface area (Å²) in [5.41, 5.74) is 1.38. The largest absolute Gasteiger partial charge is 0.321 e. The van der Waals surface area contributed by atoms with E-state index in [1.165, 1.54) is 10.4 Å². The number of amides is 1. The fourth-order valence-electron chi connectivity index (χ4n) is 4.75. The summed E-state index contributed by atoms with van der Waals surface area (Å²) >= 11 is 0.785. The molecule has 1 N–H and O–H groups in total. The van der Waals surface area contributed by atoms with Crippen LogP contribution in [0.5, 0.6) is 0 Å². The van der Waals surface area contributed by atoms with Gasteiger partial charge in [-0.3, -0.25) is 13.9 Å². The predicted octanol–water partition coefficient (Wildman–Crippen LogP) is 5.08. The summed E-state index contributed by atoms with van der Waals surface area (Å²) in [6, 6.07) is 13.4. The molecule has 4 rings (SSSR count). The number of thiophene rings is 1. The number of carbonyl (C=O) groups is 2. The molecule has 1 aliphatic carbocycles. The van der Waals surface area contributed by atoms with Crippen molar-refractivity contribution in [2.45, 2.75) is 49.6 Å². The van der Waals surface area contributed by atoms with Gasteiger partial charge in [0.15, 0.2) is 15.6 Å². The van der Waals surface area contributed by atoms with Crippen molar-refractivity contribution in [3.63, 3.8) is 0 Å². The summed E-state index contributed by atoms with van der Waals surface area (Å²) in [4.78, 5) is 26.5. The lowest BCUT2D eigenvalue weighted by Gasteiger charge is -2.29. The zero-order chi connectivity index (χ0) is 28.0. The number of para-hydroxylation sites is 1. The van der Waals surface area contributed by atoms with E-state index >= 15 is 0 Å². The van der Waals surface area contributed by atoms with Crippen LogP contribution < -0.4 is 9.62 Å². The molecule has 8 nitrogen and oxygen atoms in total. The third-order valence-electron chi connectivity index (χ3n) is 6.44. The van der Waals surface area contributed by atoms with E-state index in [9.17, 15) is 26.4 Å². The van der Waals surface area contributed by atoms with Crippen LogP contribution in [0, 0.1) is 12.3 Å². The summed E-state index contributed by atoms with van der Waals surface area (Å²) < 4.78 is 53.3. The van der Waals surface area contributed by atoms with Gasteiger partial charge in [0.2, 0.25) is 0 Å². The van der Waals surface area contributed by atoms with E-state index in [0.717, 1.165) is 17.6 Å². The Labute approximate surface area is 227 Å². The Kier molecular flexibility index (Phi) is 7.32. The Hall–Kier alpha value is -3.02. The molecule has 1 aliphatic rings. The molecule has 38 heavy (non-hydrogen) atoms. The number of sulfone groups is 1. The monoisotopic (exact) mass is 574 g/mol. The van der Waals surface area contributed by atoms with Crippen molar-refractivity contribution in [2.75, 3.05) is 22.4 Å². The zero-order valence-corrected chi connectivity index (χ0v) is 24.3. The number of Topliss-reactive ketones (excluding diaryl/α,β-unsaturated/α-hetero) is 1. The number of anilines is 2. The lowest BCUT2D eigenvalue weighted by atomic mass is 9.74. The Morgan fingerprint density at radius 3 is 2.32 bits per heavy atom. The minimum atomic E-state index is -3.95. The number of rotatable bonds is 7. The first-order chi connectivity index (χ1) is 17.7. The van der Waals surface area contributed by atoms with E-state index in [2.05, 4.69) is 5.32 Å². The number of aryl methyl sites for hydroxylation is 1. The summed E-state index contributed by atoms with van der Waals surface area (Å²) in [7, 11) is -7.69. The highest BCUT2D eigenvalue weighted by Gasteiger charge is 2.39. The number of nitrogens with zero attached hydrogens (tertiary/aromatic N) is 1. The SMILES string of the molecule is CCN(c1ccccc1)S(=O)(=O)c1cc(NC(=O)c2sc(S(C)(=O)=O)c3c2CC(C)(C)CC3=O)ccc1C. The van der Waals surface area contributed by atoms with Crippen LogP contribution in [0.3, 0.4) is 0 Å². The third-order valence-corrected chi connectivity index (χ3v) is 11.5. The number of carbonyl (C=O) groups excluding carboxylic acids is 2. The first-order valence-electron chi connectivity index (χ1n) is 12.0. The smallest absolute Gasteiger partial charge is 0.266 e. The highest BCUT2D eigenvalue weighted by atomic mass is 32.2.